The molecule has 1 unspecified atom stereocenters. The monoisotopic (exact) mass is 330 g/mol. The van der Waals surface area contributed by atoms with Crippen molar-refractivity contribution in [2.75, 3.05) is 14.2 Å². The van der Waals surface area contributed by atoms with Gasteiger partial charge in [-0.05, 0) is 24.6 Å². The van der Waals surface area contributed by atoms with Crippen LogP contribution in [0.25, 0.3) is 0 Å². The molecule has 0 bridgehead atoms. The van der Waals surface area contributed by atoms with Crippen molar-refractivity contribution < 1.29 is 33.7 Å². The van der Waals surface area contributed by atoms with Crippen molar-refractivity contribution in [1.82, 2.24) is 0 Å². The zero-order valence-corrected chi connectivity index (χ0v) is 13.2. The molecular weight excluding hydrogens is 316 g/mol. The van der Waals surface area contributed by atoms with E-state index in [0.29, 0.717) is 5.56 Å². The van der Waals surface area contributed by atoms with Gasteiger partial charge in [0.15, 0.2) is 11.5 Å². The highest BCUT2D eigenvalue weighted by atomic mass is 16.6. The highest BCUT2D eigenvalue weighted by Gasteiger charge is 2.60. The van der Waals surface area contributed by atoms with Crippen molar-refractivity contribution in [1.29, 1.82) is 0 Å². The lowest BCUT2D eigenvalue weighted by atomic mass is 9.81. The summed E-state index contributed by atoms with van der Waals surface area (Å²) < 4.78 is 15.6. The lowest BCUT2D eigenvalue weighted by molar-refractivity contribution is -0.138. The van der Waals surface area contributed by atoms with Crippen molar-refractivity contribution in [3.05, 3.63) is 46.7 Å². The minimum atomic E-state index is -1.98. The number of benzene rings is 1. The quantitative estimate of drug-likeness (QED) is 0.814. The first kappa shape index (κ1) is 15.8. The van der Waals surface area contributed by atoms with Crippen LogP contribution in [-0.2, 0) is 19.1 Å². The molecule has 1 aliphatic carbocycles. The number of hydrogen-bond donors (Lipinski definition) is 1. The Morgan fingerprint density at radius 3 is 2.54 bits per heavy atom. The molecule has 0 radical (unpaired) electrons. The SMILES string of the molecule is COC(=O)C1=CC(=O)C=C(OC)C12Oc1cc(C)cc(O)c1C2=O. The lowest BCUT2D eigenvalue weighted by Crippen LogP contribution is -2.49. The van der Waals surface area contributed by atoms with E-state index in [1.165, 1.54) is 13.2 Å². The molecule has 24 heavy (non-hydrogen) atoms. The maximum atomic E-state index is 13.0. The van der Waals surface area contributed by atoms with Crippen LogP contribution in [0.4, 0.5) is 0 Å². The molecule has 1 aromatic carbocycles. The highest BCUT2D eigenvalue weighted by molar-refractivity contribution is 6.21. The van der Waals surface area contributed by atoms with Crippen LogP contribution in [-0.4, -0.2) is 42.5 Å². The first-order valence-electron chi connectivity index (χ1n) is 7.03. The smallest absolute Gasteiger partial charge is 0.338 e. The van der Waals surface area contributed by atoms with Gasteiger partial charge in [-0.25, -0.2) is 4.79 Å². The van der Waals surface area contributed by atoms with Crippen LogP contribution >= 0.6 is 0 Å². The number of esters is 1. The average molecular weight is 330 g/mol. The topological polar surface area (TPSA) is 99.1 Å². The number of methoxy groups -OCH3 is 2. The molecular formula is C17H14O7. The number of carbonyl (C=O) groups is 3. The van der Waals surface area contributed by atoms with Crippen LogP contribution in [0.15, 0.2) is 35.6 Å². The van der Waals surface area contributed by atoms with Gasteiger partial charge in [-0.15, -0.1) is 0 Å². The largest absolute Gasteiger partial charge is 0.507 e. The Hall–Kier alpha value is -3.09. The number of aromatic hydroxyl groups is 1. The molecule has 3 rings (SSSR count). The normalized spacial score (nSPS) is 21.8. The number of rotatable bonds is 2. The molecule has 1 atom stereocenters. The molecule has 7 nitrogen and oxygen atoms in total. The van der Waals surface area contributed by atoms with Gasteiger partial charge in [0.25, 0.3) is 5.60 Å². The Morgan fingerprint density at radius 1 is 1.21 bits per heavy atom. The van der Waals surface area contributed by atoms with E-state index in [1.54, 1.807) is 13.0 Å². The van der Waals surface area contributed by atoms with Gasteiger partial charge in [-0.1, -0.05) is 0 Å². The minimum absolute atomic E-state index is 0.0762. The summed E-state index contributed by atoms with van der Waals surface area (Å²) in [5.74, 6) is -2.46. The number of carbonyl (C=O) groups excluding carboxylic acids is 3. The summed E-state index contributed by atoms with van der Waals surface area (Å²) >= 11 is 0. The summed E-state index contributed by atoms with van der Waals surface area (Å²) in [6, 6.07) is 2.96. The Morgan fingerprint density at radius 2 is 1.92 bits per heavy atom. The van der Waals surface area contributed by atoms with E-state index in [0.717, 1.165) is 19.3 Å². The molecule has 0 saturated carbocycles. The van der Waals surface area contributed by atoms with Crippen LogP contribution in [0, 0.1) is 6.92 Å². The Balaban J connectivity index is 2.27. The molecule has 0 aromatic heterocycles. The van der Waals surface area contributed by atoms with Crippen LogP contribution < -0.4 is 4.74 Å². The summed E-state index contributed by atoms with van der Waals surface area (Å²) in [5, 5.41) is 10.1. The van der Waals surface area contributed by atoms with Gasteiger partial charge in [0.05, 0.1) is 14.2 Å². The standard InChI is InChI=1S/C17H14O7/c1-8-4-11(19)14-12(5-8)24-17(15(14)20)10(16(21)23-3)6-9(18)7-13(17)22-2/h4-7,19H,1-3H3. The van der Waals surface area contributed by atoms with E-state index in [1.807, 2.05) is 0 Å². The molecule has 2 aliphatic rings. The average Bonchev–Trinajstić information content (AvgIpc) is 2.82. The van der Waals surface area contributed by atoms with Crippen LogP contribution in [0.2, 0.25) is 0 Å². The number of Topliss-reactive ketones (excluding diaryl/α,β-unsaturated/α-hetero) is 1. The maximum absolute atomic E-state index is 13.0. The molecule has 1 spiro atoms. The molecule has 1 N–H and O–H groups in total. The van der Waals surface area contributed by atoms with Crippen LogP contribution in [0.3, 0.4) is 0 Å². The fraction of sp³-hybridized carbons (Fsp3) is 0.235. The zero-order chi connectivity index (χ0) is 17.6. The van der Waals surface area contributed by atoms with E-state index < -0.39 is 23.1 Å². The van der Waals surface area contributed by atoms with Crippen molar-refractivity contribution in [3.63, 3.8) is 0 Å². The second kappa shape index (κ2) is 5.23. The van der Waals surface area contributed by atoms with Crippen molar-refractivity contribution in [2.24, 2.45) is 0 Å². The number of aryl methyl sites for hydroxylation is 1. The molecule has 1 aliphatic heterocycles. The Kier molecular flexibility index (Phi) is 3.44. The minimum Gasteiger partial charge on any atom is -0.507 e. The third kappa shape index (κ3) is 1.94. The van der Waals surface area contributed by atoms with Gasteiger partial charge in [-0.3, -0.25) is 9.59 Å². The first-order valence-corrected chi connectivity index (χ1v) is 7.03. The lowest BCUT2D eigenvalue weighted by Gasteiger charge is -2.31. The van der Waals surface area contributed by atoms with Crippen LogP contribution in [0.5, 0.6) is 11.5 Å². The molecule has 0 amide bonds. The molecule has 124 valence electrons. The summed E-state index contributed by atoms with van der Waals surface area (Å²) in [5.41, 5.74) is -1.70. The fourth-order valence-electron chi connectivity index (χ4n) is 2.93. The van der Waals surface area contributed by atoms with E-state index in [4.69, 9.17) is 9.47 Å². The first-order chi connectivity index (χ1) is 11.3. The van der Waals surface area contributed by atoms with Gasteiger partial charge in [0.1, 0.15) is 22.6 Å². The number of phenols is 1. The number of ether oxygens (including phenoxy) is 3. The molecule has 1 heterocycles. The molecule has 1 aromatic rings. The number of allylic oxidation sites excluding steroid dienone is 2. The Labute approximate surface area is 137 Å². The number of fused-ring (bicyclic) bond motifs is 1. The van der Waals surface area contributed by atoms with E-state index in [-0.39, 0.29) is 28.4 Å². The summed E-state index contributed by atoms with van der Waals surface area (Å²) in [6.07, 6.45) is 2.04. The third-order valence-corrected chi connectivity index (χ3v) is 3.95. The van der Waals surface area contributed by atoms with Crippen molar-refractivity contribution in [3.8, 4) is 11.5 Å². The van der Waals surface area contributed by atoms with Gasteiger partial charge >= 0.3 is 5.97 Å². The van der Waals surface area contributed by atoms with E-state index in [9.17, 15) is 19.5 Å². The van der Waals surface area contributed by atoms with Gasteiger partial charge in [0.2, 0.25) is 5.78 Å². The number of ketones is 2. The van der Waals surface area contributed by atoms with E-state index in [2.05, 4.69) is 4.74 Å². The highest BCUT2D eigenvalue weighted by Crippen LogP contribution is 2.48. The van der Waals surface area contributed by atoms with Gasteiger partial charge in [-0.2, -0.15) is 0 Å². The molecule has 7 heteroatoms. The fourth-order valence-corrected chi connectivity index (χ4v) is 2.93. The van der Waals surface area contributed by atoms with Gasteiger partial charge < -0.3 is 19.3 Å². The van der Waals surface area contributed by atoms with E-state index >= 15 is 0 Å². The van der Waals surface area contributed by atoms with Crippen molar-refractivity contribution in [2.45, 2.75) is 12.5 Å². The molecule has 0 fully saturated rings. The summed E-state index contributed by atoms with van der Waals surface area (Å²) in [4.78, 5) is 37.1. The molecule has 0 saturated heterocycles. The second-order valence-corrected chi connectivity index (χ2v) is 5.43. The number of hydrogen-bond acceptors (Lipinski definition) is 7. The Bertz CT molecular complexity index is 847. The van der Waals surface area contributed by atoms with Gasteiger partial charge in [0, 0.05) is 12.2 Å². The zero-order valence-electron chi connectivity index (χ0n) is 13.2. The van der Waals surface area contributed by atoms with Crippen LogP contribution in [0.1, 0.15) is 15.9 Å². The number of phenolic OH excluding ortho intramolecular Hbond substituents is 1. The van der Waals surface area contributed by atoms with Crippen molar-refractivity contribution >= 4 is 17.5 Å². The summed E-state index contributed by atoms with van der Waals surface area (Å²) in [6.45, 7) is 1.72. The third-order valence-electron chi connectivity index (χ3n) is 3.95. The summed E-state index contributed by atoms with van der Waals surface area (Å²) in [7, 11) is 2.38. The maximum Gasteiger partial charge on any atom is 0.338 e. The predicted octanol–water partition coefficient (Wildman–Crippen LogP) is 1.23. The predicted molar refractivity (Wildman–Crippen MR) is 80.7 cm³/mol. The second-order valence-electron chi connectivity index (χ2n) is 5.43.